The Morgan fingerprint density at radius 3 is 2.39 bits per heavy atom. The minimum atomic E-state index is -0.765. The van der Waals surface area contributed by atoms with Gasteiger partial charge in [-0.25, -0.2) is 10.2 Å². The molecule has 1 rings (SSSR count). The van der Waals surface area contributed by atoms with Crippen molar-refractivity contribution >= 4 is 18.2 Å². The third-order valence-electron chi connectivity index (χ3n) is 3.53. The van der Waals surface area contributed by atoms with Crippen LogP contribution in [0.5, 0.6) is 11.5 Å². The summed E-state index contributed by atoms with van der Waals surface area (Å²) in [4.78, 5) is 24.5. The van der Waals surface area contributed by atoms with E-state index < -0.39 is 23.6 Å². The van der Waals surface area contributed by atoms with Crippen molar-refractivity contribution in [2.24, 2.45) is 11.0 Å². The highest BCUT2D eigenvalue weighted by atomic mass is 16.6. The third-order valence-corrected chi connectivity index (χ3v) is 3.53. The topological polar surface area (TPSA) is 98.3 Å². The molecule has 0 aliphatic carbocycles. The number of ether oxygens (including phenoxy) is 3. The monoisotopic (exact) mass is 393 g/mol. The van der Waals surface area contributed by atoms with Crippen LogP contribution in [0.25, 0.3) is 0 Å². The minimum absolute atomic E-state index is 0.188. The highest BCUT2D eigenvalue weighted by molar-refractivity contribution is 5.88. The molecule has 0 saturated carbocycles. The second-order valence-corrected chi connectivity index (χ2v) is 7.67. The third kappa shape index (κ3) is 8.28. The first kappa shape index (κ1) is 23.3. The van der Waals surface area contributed by atoms with E-state index in [1.165, 1.54) is 6.21 Å². The van der Waals surface area contributed by atoms with Crippen LogP contribution in [0, 0.1) is 5.92 Å². The van der Waals surface area contributed by atoms with E-state index in [9.17, 15) is 9.59 Å². The Morgan fingerprint density at radius 1 is 1.18 bits per heavy atom. The lowest BCUT2D eigenvalue weighted by atomic mass is 10.0. The number of methoxy groups -OCH3 is 2. The molecule has 0 aliphatic rings. The molecular weight excluding hydrogens is 362 g/mol. The summed E-state index contributed by atoms with van der Waals surface area (Å²) in [5.74, 6) is 0.980. The number of carbonyl (C=O) groups excluding carboxylic acids is 2. The van der Waals surface area contributed by atoms with Crippen molar-refractivity contribution in [3.05, 3.63) is 23.8 Å². The smallest absolute Gasteiger partial charge is 0.408 e. The van der Waals surface area contributed by atoms with Crippen LogP contribution in [-0.4, -0.2) is 44.1 Å². The lowest BCUT2D eigenvalue weighted by Crippen LogP contribution is -2.47. The van der Waals surface area contributed by atoms with Crippen LogP contribution in [0.3, 0.4) is 0 Å². The van der Waals surface area contributed by atoms with Crippen molar-refractivity contribution in [2.45, 2.75) is 52.7 Å². The van der Waals surface area contributed by atoms with Gasteiger partial charge < -0.3 is 19.5 Å². The van der Waals surface area contributed by atoms with E-state index in [4.69, 9.17) is 14.2 Å². The number of amides is 2. The standard InChI is InChI=1S/C20H31N3O5/c1-13(2)10-16(22-19(25)28-20(3,4)5)18(24)23-21-12-14-11-15(26-6)8-9-17(14)27-7/h8-9,11-13,16H,10H2,1-7H3,(H,22,25)(H,23,24)/b21-12+/t16-/m0/s1. The molecule has 1 aromatic rings. The maximum Gasteiger partial charge on any atom is 0.408 e. The maximum absolute atomic E-state index is 12.5. The lowest BCUT2D eigenvalue weighted by molar-refractivity contribution is -0.123. The van der Waals surface area contributed by atoms with Crippen LogP contribution >= 0.6 is 0 Å². The van der Waals surface area contributed by atoms with Gasteiger partial charge in [0.25, 0.3) is 5.91 Å². The number of hydrogen-bond donors (Lipinski definition) is 2. The number of rotatable bonds is 8. The molecule has 0 aromatic heterocycles. The summed E-state index contributed by atoms with van der Waals surface area (Å²) in [6.45, 7) is 9.20. The predicted molar refractivity (Wildman–Crippen MR) is 108 cm³/mol. The summed E-state index contributed by atoms with van der Waals surface area (Å²) in [6, 6.07) is 4.48. The van der Waals surface area contributed by atoms with Crippen molar-refractivity contribution in [3.63, 3.8) is 0 Å². The maximum atomic E-state index is 12.5. The van der Waals surface area contributed by atoms with Crippen LogP contribution in [0.15, 0.2) is 23.3 Å². The number of nitrogens with one attached hydrogen (secondary N) is 2. The lowest BCUT2D eigenvalue weighted by Gasteiger charge is -2.23. The fourth-order valence-electron chi connectivity index (χ4n) is 2.34. The first-order valence-corrected chi connectivity index (χ1v) is 9.10. The van der Waals surface area contributed by atoms with Crippen molar-refractivity contribution in [2.75, 3.05) is 14.2 Å². The number of nitrogens with zero attached hydrogens (tertiary/aromatic N) is 1. The Kier molecular flexibility index (Phi) is 8.76. The zero-order valence-electron chi connectivity index (χ0n) is 17.7. The van der Waals surface area contributed by atoms with Gasteiger partial charge in [-0.2, -0.15) is 5.10 Å². The SMILES string of the molecule is COc1ccc(OC)c(/C=N/NC(=O)[C@H](CC(C)C)NC(=O)OC(C)(C)C)c1. The summed E-state index contributed by atoms with van der Waals surface area (Å²) in [5.41, 5.74) is 2.45. The summed E-state index contributed by atoms with van der Waals surface area (Å²) in [6.07, 6.45) is 1.26. The van der Waals surface area contributed by atoms with E-state index in [0.717, 1.165) is 0 Å². The van der Waals surface area contributed by atoms with Crippen molar-refractivity contribution < 1.29 is 23.8 Å². The molecule has 8 heteroatoms. The Morgan fingerprint density at radius 2 is 1.86 bits per heavy atom. The van der Waals surface area contributed by atoms with Gasteiger partial charge in [0.15, 0.2) is 0 Å². The minimum Gasteiger partial charge on any atom is -0.497 e. The molecular formula is C20H31N3O5. The van der Waals surface area contributed by atoms with Gasteiger partial charge in [-0.15, -0.1) is 0 Å². The van der Waals surface area contributed by atoms with E-state index in [0.29, 0.717) is 23.5 Å². The summed E-state index contributed by atoms with van der Waals surface area (Å²) in [7, 11) is 3.10. The fourth-order valence-corrected chi connectivity index (χ4v) is 2.34. The zero-order valence-corrected chi connectivity index (χ0v) is 17.7. The molecule has 0 radical (unpaired) electrons. The first-order chi connectivity index (χ1) is 13.1. The number of hydrazone groups is 1. The molecule has 2 amide bonds. The van der Waals surface area contributed by atoms with E-state index in [-0.39, 0.29) is 5.92 Å². The Labute approximate surface area is 166 Å². The van der Waals surface area contributed by atoms with Crippen LogP contribution < -0.4 is 20.2 Å². The van der Waals surface area contributed by atoms with Crippen molar-refractivity contribution in [1.82, 2.24) is 10.7 Å². The molecule has 0 fully saturated rings. The Hall–Kier alpha value is -2.77. The normalized spacial score (nSPS) is 12.6. The molecule has 1 aromatic carbocycles. The van der Waals surface area contributed by atoms with E-state index >= 15 is 0 Å². The molecule has 0 spiro atoms. The van der Waals surface area contributed by atoms with Crippen molar-refractivity contribution in [3.8, 4) is 11.5 Å². The Bertz CT molecular complexity index is 696. The highest BCUT2D eigenvalue weighted by Gasteiger charge is 2.25. The van der Waals surface area contributed by atoms with Gasteiger partial charge in [0, 0.05) is 5.56 Å². The first-order valence-electron chi connectivity index (χ1n) is 9.10. The fraction of sp³-hybridized carbons (Fsp3) is 0.550. The van der Waals surface area contributed by atoms with Gasteiger partial charge in [-0.3, -0.25) is 4.79 Å². The van der Waals surface area contributed by atoms with Gasteiger partial charge in [0.1, 0.15) is 23.1 Å². The molecule has 0 saturated heterocycles. The van der Waals surface area contributed by atoms with Crippen LogP contribution in [0.1, 0.15) is 46.6 Å². The summed E-state index contributed by atoms with van der Waals surface area (Å²) >= 11 is 0. The van der Waals surface area contributed by atoms with Gasteiger partial charge >= 0.3 is 6.09 Å². The van der Waals surface area contributed by atoms with Crippen LogP contribution in [0.4, 0.5) is 4.79 Å². The second-order valence-electron chi connectivity index (χ2n) is 7.67. The predicted octanol–water partition coefficient (Wildman–Crippen LogP) is 3.09. The number of benzene rings is 1. The summed E-state index contributed by atoms with van der Waals surface area (Å²) in [5, 5.41) is 6.59. The van der Waals surface area contributed by atoms with E-state index in [1.807, 2.05) is 13.8 Å². The molecule has 1 atom stereocenters. The summed E-state index contributed by atoms with van der Waals surface area (Å²) < 4.78 is 15.7. The van der Waals surface area contributed by atoms with Crippen LogP contribution in [-0.2, 0) is 9.53 Å². The van der Waals surface area contributed by atoms with Crippen molar-refractivity contribution in [1.29, 1.82) is 0 Å². The number of carbonyl (C=O) groups is 2. The quantitative estimate of drug-likeness (QED) is 0.522. The number of alkyl carbamates (subject to hydrolysis) is 1. The number of hydrogen-bond acceptors (Lipinski definition) is 6. The molecule has 0 bridgehead atoms. The van der Waals surface area contributed by atoms with Gasteiger partial charge in [0.05, 0.1) is 20.4 Å². The average molecular weight is 393 g/mol. The van der Waals surface area contributed by atoms with E-state index in [1.54, 1.807) is 53.2 Å². The molecule has 0 unspecified atom stereocenters. The molecule has 28 heavy (non-hydrogen) atoms. The van der Waals surface area contributed by atoms with Gasteiger partial charge in [0.2, 0.25) is 0 Å². The van der Waals surface area contributed by atoms with Gasteiger partial charge in [-0.1, -0.05) is 13.8 Å². The highest BCUT2D eigenvalue weighted by Crippen LogP contribution is 2.22. The van der Waals surface area contributed by atoms with Gasteiger partial charge in [-0.05, 0) is 51.3 Å². The second kappa shape index (κ2) is 10.5. The molecule has 0 heterocycles. The molecule has 2 N–H and O–H groups in total. The molecule has 156 valence electrons. The average Bonchev–Trinajstić information content (AvgIpc) is 2.58. The largest absolute Gasteiger partial charge is 0.497 e. The van der Waals surface area contributed by atoms with Crippen LogP contribution in [0.2, 0.25) is 0 Å². The zero-order chi connectivity index (χ0) is 21.3. The van der Waals surface area contributed by atoms with E-state index in [2.05, 4.69) is 15.8 Å². The Balaban J connectivity index is 2.82. The molecule has 8 nitrogen and oxygen atoms in total. The molecule has 0 aliphatic heterocycles.